The van der Waals surface area contributed by atoms with E-state index in [1.807, 2.05) is 0 Å². The Balaban J connectivity index is 2.47. The Labute approximate surface area is 112 Å². The molecule has 2 rings (SSSR count). The molecule has 0 aliphatic carbocycles. The molecule has 0 bridgehead atoms. The van der Waals surface area contributed by atoms with E-state index >= 15 is 0 Å². The summed E-state index contributed by atoms with van der Waals surface area (Å²) in [5.74, 6) is -2.87. The molecule has 1 aliphatic rings. The van der Waals surface area contributed by atoms with Crippen molar-refractivity contribution < 1.29 is 17.9 Å². The van der Waals surface area contributed by atoms with E-state index in [1.54, 1.807) is 11.8 Å². The second-order valence-electron chi connectivity index (χ2n) is 4.13. The molecule has 1 aliphatic heterocycles. The average molecular weight is 324 g/mol. The monoisotopic (exact) mass is 323 g/mol. The van der Waals surface area contributed by atoms with E-state index in [1.165, 1.54) is 0 Å². The Hall–Kier alpha value is -0.750. The van der Waals surface area contributed by atoms with Gasteiger partial charge >= 0.3 is 0 Å². The third-order valence-electron chi connectivity index (χ3n) is 2.92. The Bertz CT molecular complexity index is 447. The molecule has 0 aromatic heterocycles. The normalized spacial score (nSPS) is 17.9. The Morgan fingerprint density at radius 3 is 2.39 bits per heavy atom. The summed E-state index contributed by atoms with van der Waals surface area (Å²) in [5, 5.41) is 0. The van der Waals surface area contributed by atoms with E-state index < -0.39 is 22.3 Å². The van der Waals surface area contributed by atoms with E-state index in [2.05, 4.69) is 15.9 Å². The molecule has 0 N–H and O–H groups in total. The maximum absolute atomic E-state index is 14.2. The highest BCUT2D eigenvalue weighted by molar-refractivity contribution is 9.09. The zero-order valence-electron chi connectivity index (χ0n) is 9.85. The molecule has 1 aromatic carbocycles. The van der Waals surface area contributed by atoms with Gasteiger partial charge in [-0.15, -0.1) is 0 Å². The van der Waals surface area contributed by atoms with Crippen LogP contribution in [-0.2, 0) is 4.74 Å². The number of hydrogen-bond acceptors (Lipinski definition) is 2. The maximum Gasteiger partial charge on any atom is 0.166 e. The Morgan fingerprint density at radius 2 is 1.83 bits per heavy atom. The van der Waals surface area contributed by atoms with E-state index in [-0.39, 0.29) is 11.3 Å². The highest BCUT2D eigenvalue weighted by Crippen LogP contribution is 2.34. The van der Waals surface area contributed by atoms with Gasteiger partial charge in [0.05, 0.1) is 18.9 Å². The number of nitrogens with zero attached hydrogens (tertiary/aromatic N) is 1. The molecule has 1 atom stereocenters. The third-order valence-corrected chi connectivity index (χ3v) is 3.38. The predicted octanol–water partition coefficient (Wildman–Crippen LogP) is 3.40. The van der Waals surface area contributed by atoms with Gasteiger partial charge in [0.25, 0.3) is 0 Å². The van der Waals surface area contributed by atoms with Crippen LogP contribution in [0.25, 0.3) is 0 Å². The first-order chi connectivity index (χ1) is 8.52. The van der Waals surface area contributed by atoms with Crippen molar-refractivity contribution in [1.29, 1.82) is 0 Å². The minimum atomic E-state index is -1.13. The molecule has 1 fully saturated rings. The van der Waals surface area contributed by atoms with Gasteiger partial charge in [-0.1, -0.05) is 15.9 Å². The van der Waals surface area contributed by atoms with Gasteiger partial charge in [-0.2, -0.15) is 0 Å². The van der Waals surface area contributed by atoms with Gasteiger partial charge in [0, 0.05) is 29.5 Å². The second kappa shape index (κ2) is 5.48. The molecule has 0 saturated carbocycles. The van der Waals surface area contributed by atoms with Crippen LogP contribution in [-0.4, -0.2) is 26.3 Å². The van der Waals surface area contributed by atoms with Crippen molar-refractivity contribution in [2.24, 2.45) is 0 Å². The summed E-state index contributed by atoms with van der Waals surface area (Å²) in [5.41, 5.74) is -0.171. The lowest BCUT2D eigenvalue weighted by molar-refractivity contribution is 0.122. The molecule has 0 spiro atoms. The lowest BCUT2D eigenvalue weighted by Crippen LogP contribution is -2.37. The van der Waals surface area contributed by atoms with Crippen LogP contribution in [0.3, 0.4) is 0 Å². The fourth-order valence-corrected chi connectivity index (χ4v) is 2.40. The smallest absolute Gasteiger partial charge is 0.166 e. The van der Waals surface area contributed by atoms with Gasteiger partial charge in [0.2, 0.25) is 0 Å². The summed E-state index contributed by atoms with van der Waals surface area (Å²) in [4.78, 5) is 1.08. The zero-order valence-corrected chi connectivity index (χ0v) is 11.4. The van der Waals surface area contributed by atoms with Crippen molar-refractivity contribution in [3.05, 3.63) is 29.1 Å². The Morgan fingerprint density at radius 1 is 1.22 bits per heavy atom. The molecule has 1 unspecified atom stereocenters. The Kier molecular flexibility index (Phi) is 4.17. The van der Waals surface area contributed by atoms with Crippen LogP contribution in [0.5, 0.6) is 0 Å². The summed E-state index contributed by atoms with van der Waals surface area (Å²) in [6.45, 7) is 3.41. The van der Waals surface area contributed by atoms with Crippen molar-refractivity contribution in [3.63, 3.8) is 0 Å². The second-order valence-corrected chi connectivity index (χ2v) is 5.51. The van der Waals surface area contributed by atoms with Crippen molar-refractivity contribution in [3.8, 4) is 0 Å². The van der Waals surface area contributed by atoms with Crippen molar-refractivity contribution in [2.75, 3.05) is 31.2 Å². The van der Waals surface area contributed by atoms with Gasteiger partial charge < -0.3 is 9.64 Å². The molecule has 18 heavy (non-hydrogen) atoms. The molecular weight excluding hydrogens is 311 g/mol. The van der Waals surface area contributed by atoms with Crippen LogP contribution in [0.2, 0.25) is 0 Å². The summed E-state index contributed by atoms with van der Waals surface area (Å²) in [7, 11) is 0. The van der Waals surface area contributed by atoms with E-state index in [0.717, 1.165) is 6.07 Å². The van der Waals surface area contributed by atoms with Crippen LogP contribution in [0, 0.1) is 17.5 Å². The minimum absolute atomic E-state index is 0.0958. The predicted molar refractivity (Wildman–Crippen MR) is 66.7 cm³/mol. The number of hydrogen-bond donors (Lipinski definition) is 0. The van der Waals surface area contributed by atoms with Gasteiger partial charge in [0.1, 0.15) is 0 Å². The molecular formula is C12H13BrF3NO. The molecule has 1 saturated heterocycles. The average Bonchev–Trinajstić information content (AvgIpc) is 2.34. The van der Waals surface area contributed by atoms with Gasteiger partial charge in [-0.3, -0.25) is 0 Å². The van der Waals surface area contributed by atoms with Crippen molar-refractivity contribution >= 4 is 21.6 Å². The first-order valence-corrected chi connectivity index (χ1v) is 6.58. The standard InChI is InChI=1S/C12H13BrF3NO/c1-7(13)10-11(15)8(14)6-9(12(10)16)17-2-4-18-5-3-17/h6-7H,2-5H2,1H3. The molecule has 1 aromatic rings. The molecule has 6 heteroatoms. The molecule has 0 amide bonds. The number of halogens is 4. The molecule has 1 heterocycles. The van der Waals surface area contributed by atoms with Crippen molar-refractivity contribution in [2.45, 2.75) is 11.8 Å². The fraction of sp³-hybridized carbons (Fsp3) is 0.500. The van der Waals surface area contributed by atoms with Gasteiger partial charge in [-0.25, -0.2) is 13.2 Å². The van der Waals surface area contributed by atoms with Crippen LogP contribution in [0.1, 0.15) is 17.3 Å². The zero-order chi connectivity index (χ0) is 13.3. The van der Waals surface area contributed by atoms with Crippen LogP contribution in [0.15, 0.2) is 6.07 Å². The number of rotatable bonds is 2. The first-order valence-electron chi connectivity index (χ1n) is 5.66. The van der Waals surface area contributed by atoms with E-state index in [0.29, 0.717) is 26.3 Å². The van der Waals surface area contributed by atoms with E-state index in [4.69, 9.17) is 4.74 Å². The molecule has 100 valence electrons. The van der Waals surface area contributed by atoms with Crippen LogP contribution >= 0.6 is 15.9 Å². The summed E-state index contributed by atoms with van der Waals surface area (Å²) in [6.07, 6.45) is 0. The first kappa shape index (κ1) is 13.7. The molecule has 2 nitrogen and oxygen atoms in total. The SMILES string of the molecule is CC(Br)c1c(F)c(F)cc(N2CCOCC2)c1F. The quantitative estimate of drug-likeness (QED) is 0.611. The number of ether oxygens (including phenoxy) is 1. The highest BCUT2D eigenvalue weighted by atomic mass is 79.9. The summed E-state index contributed by atoms with van der Waals surface area (Å²) >= 11 is 3.09. The summed E-state index contributed by atoms with van der Waals surface area (Å²) in [6, 6.07) is 0.912. The van der Waals surface area contributed by atoms with E-state index in [9.17, 15) is 13.2 Å². The highest BCUT2D eigenvalue weighted by Gasteiger charge is 2.25. The fourth-order valence-electron chi connectivity index (χ4n) is 1.99. The molecule has 0 radical (unpaired) electrons. The van der Waals surface area contributed by atoms with Gasteiger partial charge in [-0.05, 0) is 6.92 Å². The summed E-state index contributed by atoms with van der Waals surface area (Å²) < 4.78 is 46.5. The van der Waals surface area contributed by atoms with Gasteiger partial charge in [0.15, 0.2) is 17.5 Å². The van der Waals surface area contributed by atoms with Crippen LogP contribution < -0.4 is 4.90 Å². The lowest BCUT2D eigenvalue weighted by atomic mass is 10.1. The third kappa shape index (κ3) is 2.49. The van der Waals surface area contributed by atoms with Crippen molar-refractivity contribution in [1.82, 2.24) is 0 Å². The number of benzene rings is 1. The topological polar surface area (TPSA) is 12.5 Å². The largest absolute Gasteiger partial charge is 0.378 e. The number of anilines is 1. The number of morpholine rings is 1. The van der Waals surface area contributed by atoms with Crippen LogP contribution in [0.4, 0.5) is 18.9 Å². The maximum atomic E-state index is 14.2. The number of alkyl halides is 1. The lowest BCUT2D eigenvalue weighted by Gasteiger charge is -2.30. The minimum Gasteiger partial charge on any atom is -0.378 e.